The quantitative estimate of drug-likeness (QED) is 0.748. The Morgan fingerprint density at radius 1 is 1.12 bits per heavy atom. The van der Waals surface area contributed by atoms with Gasteiger partial charge in [-0.25, -0.2) is 0 Å². The van der Waals surface area contributed by atoms with Gasteiger partial charge < -0.3 is 10.2 Å². The predicted molar refractivity (Wildman–Crippen MR) is 69.8 cm³/mol. The van der Waals surface area contributed by atoms with Crippen LogP contribution in [0.2, 0.25) is 0 Å². The molecule has 0 aromatic heterocycles. The second-order valence-electron chi connectivity index (χ2n) is 5.79. The Kier molecular flexibility index (Phi) is 4.43. The summed E-state index contributed by atoms with van der Waals surface area (Å²) in [7, 11) is 2.00. The van der Waals surface area contributed by atoms with Crippen molar-refractivity contribution in [3.8, 4) is 0 Å². The minimum Gasteiger partial charge on any atom is -0.341 e. The molecule has 2 atom stereocenters. The Balaban J connectivity index is 1.93. The van der Waals surface area contributed by atoms with Gasteiger partial charge in [0.2, 0.25) is 5.91 Å². The zero-order valence-corrected chi connectivity index (χ0v) is 11.2. The molecule has 98 valence electrons. The molecule has 2 unspecified atom stereocenters. The van der Waals surface area contributed by atoms with Gasteiger partial charge in [-0.3, -0.25) is 4.79 Å². The Labute approximate surface area is 105 Å². The van der Waals surface area contributed by atoms with Crippen LogP contribution < -0.4 is 5.32 Å². The Bertz CT molecular complexity index is 259. The van der Waals surface area contributed by atoms with Crippen molar-refractivity contribution in [2.45, 2.75) is 64.0 Å². The molecule has 2 rings (SSSR count). The summed E-state index contributed by atoms with van der Waals surface area (Å²) in [4.78, 5) is 14.5. The topological polar surface area (TPSA) is 32.3 Å². The van der Waals surface area contributed by atoms with Crippen molar-refractivity contribution in [3.63, 3.8) is 0 Å². The van der Waals surface area contributed by atoms with E-state index < -0.39 is 0 Å². The summed E-state index contributed by atoms with van der Waals surface area (Å²) < 4.78 is 0. The summed E-state index contributed by atoms with van der Waals surface area (Å²) in [6, 6.07) is 0.558. The largest absolute Gasteiger partial charge is 0.341 e. The first-order chi connectivity index (χ1) is 8.20. The molecule has 0 aromatic carbocycles. The molecule has 1 saturated carbocycles. The van der Waals surface area contributed by atoms with Gasteiger partial charge in [-0.15, -0.1) is 0 Å². The molecular formula is C14H26N2O. The van der Waals surface area contributed by atoms with Crippen LogP contribution in [-0.4, -0.2) is 36.5 Å². The molecule has 0 spiro atoms. The van der Waals surface area contributed by atoms with Crippen LogP contribution in [-0.2, 0) is 4.79 Å². The van der Waals surface area contributed by atoms with Crippen LogP contribution >= 0.6 is 0 Å². The van der Waals surface area contributed by atoms with Crippen LogP contribution in [0.5, 0.6) is 0 Å². The molecule has 1 saturated heterocycles. The third-order valence-corrected chi connectivity index (χ3v) is 4.52. The number of carbonyl (C=O) groups is 1. The number of nitrogens with one attached hydrogen (secondary N) is 1. The van der Waals surface area contributed by atoms with Crippen molar-refractivity contribution < 1.29 is 4.79 Å². The van der Waals surface area contributed by atoms with E-state index in [0.717, 1.165) is 13.0 Å². The summed E-state index contributed by atoms with van der Waals surface area (Å²) in [5.74, 6) is 0.817. The van der Waals surface area contributed by atoms with Gasteiger partial charge in [0, 0.05) is 13.1 Å². The summed E-state index contributed by atoms with van der Waals surface area (Å²) in [5.41, 5.74) is 0. The molecule has 2 aliphatic rings. The van der Waals surface area contributed by atoms with Gasteiger partial charge in [-0.05, 0) is 31.7 Å². The van der Waals surface area contributed by atoms with Crippen molar-refractivity contribution in [2.24, 2.45) is 5.92 Å². The molecule has 0 radical (unpaired) electrons. The minimum atomic E-state index is 0.0725. The Morgan fingerprint density at radius 3 is 2.29 bits per heavy atom. The Morgan fingerprint density at radius 2 is 1.76 bits per heavy atom. The number of likely N-dealkylation sites (N-methyl/N-ethyl adjacent to an activating group) is 1. The van der Waals surface area contributed by atoms with Gasteiger partial charge in [0.25, 0.3) is 0 Å². The molecule has 1 N–H and O–H groups in total. The summed E-state index contributed by atoms with van der Waals surface area (Å²) in [6.07, 6.45) is 8.79. The molecule has 17 heavy (non-hydrogen) atoms. The standard InChI is InChI=1S/C14H26N2O/c1-11-9-10-15-13(11)14(17)16(2)12-7-5-3-4-6-8-12/h11-13,15H,3-10H2,1-2H3. The van der Waals surface area contributed by atoms with E-state index in [1.807, 2.05) is 11.9 Å². The molecule has 2 fully saturated rings. The Hall–Kier alpha value is -0.570. The molecule has 0 aromatic rings. The van der Waals surface area contributed by atoms with Gasteiger partial charge >= 0.3 is 0 Å². The third kappa shape index (κ3) is 3.01. The van der Waals surface area contributed by atoms with Gasteiger partial charge in [0.05, 0.1) is 6.04 Å². The van der Waals surface area contributed by atoms with E-state index in [0.29, 0.717) is 17.9 Å². The molecular weight excluding hydrogens is 212 g/mol. The lowest BCUT2D eigenvalue weighted by atomic mass is 10.0. The summed E-state index contributed by atoms with van der Waals surface area (Å²) in [6.45, 7) is 3.18. The lowest BCUT2D eigenvalue weighted by molar-refractivity contribution is -0.135. The number of carbonyl (C=O) groups excluding carboxylic acids is 1. The van der Waals surface area contributed by atoms with Gasteiger partial charge in [0.1, 0.15) is 0 Å². The molecule has 1 amide bonds. The molecule has 1 aliphatic heterocycles. The van der Waals surface area contributed by atoms with Crippen LogP contribution in [0.25, 0.3) is 0 Å². The monoisotopic (exact) mass is 238 g/mol. The van der Waals surface area contributed by atoms with Crippen LogP contribution in [0.1, 0.15) is 51.9 Å². The number of rotatable bonds is 2. The first-order valence-electron chi connectivity index (χ1n) is 7.20. The van der Waals surface area contributed by atoms with Crippen molar-refractivity contribution in [3.05, 3.63) is 0 Å². The molecule has 1 heterocycles. The average molecular weight is 238 g/mol. The number of hydrogen-bond donors (Lipinski definition) is 1. The van der Waals surface area contributed by atoms with Gasteiger partial charge in [-0.1, -0.05) is 32.6 Å². The number of hydrogen-bond acceptors (Lipinski definition) is 2. The predicted octanol–water partition coefficient (Wildman–Crippen LogP) is 2.17. The summed E-state index contributed by atoms with van der Waals surface area (Å²) >= 11 is 0. The van der Waals surface area contributed by atoms with Gasteiger partial charge in [0.15, 0.2) is 0 Å². The van der Waals surface area contributed by atoms with E-state index in [9.17, 15) is 4.79 Å². The molecule has 0 bridgehead atoms. The highest BCUT2D eigenvalue weighted by molar-refractivity contribution is 5.82. The fraction of sp³-hybridized carbons (Fsp3) is 0.929. The van der Waals surface area contributed by atoms with Crippen LogP contribution in [0.3, 0.4) is 0 Å². The first kappa shape index (κ1) is 12.9. The first-order valence-corrected chi connectivity index (χ1v) is 7.20. The van der Waals surface area contributed by atoms with Crippen LogP contribution in [0.15, 0.2) is 0 Å². The van der Waals surface area contributed by atoms with Gasteiger partial charge in [-0.2, -0.15) is 0 Å². The zero-order chi connectivity index (χ0) is 12.3. The SMILES string of the molecule is CC1CCNC1C(=O)N(C)C1CCCCCC1. The maximum atomic E-state index is 12.4. The van der Waals surface area contributed by atoms with Crippen molar-refractivity contribution >= 4 is 5.91 Å². The molecule has 3 nitrogen and oxygen atoms in total. The fourth-order valence-electron chi connectivity index (χ4n) is 3.21. The lowest BCUT2D eigenvalue weighted by Crippen LogP contribution is -2.48. The maximum Gasteiger partial charge on any atom is 0.239 e. The van der Waals surface area contributed by atoms with Crippen molar-refractivity contribution in [1.29, 1.82) is 0 Å². The van der Waals surface area contributed by atoms with E-state index in [4.69, 9.17) is 0 Å². The fourth-order valence-corrected chi connectivity index (χ4v) is 3.21. The average Bonchev–Trinajstić information content (AvgIpc) is 2.60. The number of amides is 1. The highest BCUT2D eigenvalue weighted by Crippen LogP contribution is 2.23. The second kappa shape index (κ2) is 5.85. The summed E-state index contributed by atoms with van der Waals surface area (Å²) in [5, 5.41) is 3.35. The maximum absolute atomic E-state index is 12.4. The van der Waals surface area contributed by atoms with E-state index in [-0.39, 0.29) is 6.04 Å². The third-order valence-electron chi connectivity index (χ3n) is 4.52. The van der Waals surface area contributed by atoms with E-state index in [2.05, 4.69) is 12.2 Å². The van der Waals surface area contributed by atoms with Crippen LogP contribution in [0.4, 0.5) is 0 Å². The van der Waals surface area contributed by atoms with Crippen molar-refractivity contribution in [1.82, 2.24) is 10.2 Å². The smallest absolute Gasteiger partial charge is 0.239 e. The molecule has 3 heteroatoms. The zero-order valence-electron chi connectivity index (χ0n) is 11.2. The molecule has 1 aliphatic carbocycles. The number of nitrogens with zero attached hydrogens (tertiary/aromatic N) is 1. The van der Waals surface area contributed by atoms with Crippen molar-refractivity contribution in [2.75, 3.05) is 13.6 Å². The van der Waals surface area contributed by atoms with Crippen LogP contribution in [0, 0.1) is 5.92 Å². The lowest BCUT2D eigenvalue weighted by Gasteiger charge is -2.30. The minimum absolute atomic E-state index is 0.0725. The highest BCUT2D eigenvalue weighted by atomic mass is 16.2. The second-order valence-corrected chi connectivity index (χ2v) is 5.79. The highest BCUT2D eigenvalue weighted by Gasteiger charge is 2.33. The van der Waals surface area contributed by atoms with E-state index in [1.165, 1.54) is 38.5 Å². The van der Waals surface area contributed by atoms with E-state index >= 15 is 0 Å². The normalized spacial score (nSPS) is 31.2. The van der Waals surface area contributed by atoms with E-state index in [1.54, 1.807) is 0 Å².